The van der Waals surface area contributed by atoms with Crippen LogP contribution in [0, 0.1) is 0 Å². The molecule has 0 radical (unpaired) electrons. The fourth-order valence-corrected chi connectivity index (χ4v) is 3.37. The van der Waals surface area contributed by atoms with Gasteiger partial charge in [0.05, 0.1) is 10.3 Å². The SMILES string of the molecule is CCCc1cc(C(=O)NCc2ccc(Br)s2)cc(NC)n1. The first-order valence-corrected chi connectivity index (χ1v) is 8.44. The predicted octanol–water partition coefficient (Wildman–Crippen LogP) is 3.83. The fraction of sp³-hybridized carbons (Fsp3) is 0.333. The zero-order valence-electron chi connectivity index (χ0n) is 12.1. The van der Waals surface area contributed by atoms with E-state index in [0.717, 1.165) is 33.0 Å². The number of carbonyl (C=O) groups excluding carboxylic acids is 1. The molecule has 0 fully saturated rings. The van der Waals surface area contributed by atoms with Gasteiger partial charge in [0.25, 0.3) is 5.91 Å². The van der Waals surface area contributed by atoms with E-state index in [4.69, 9.17) is 0 Å². The monoisotopic (exact) mass is 367 g/mol. The van der Waals surface area contributed by atoms with Crippen LogP contribution < -0.4 is 10.6 Å². The van der Waals surface area contributed by atoms with E-state index in [1.54, 1.807) is 17.4 Å². The lowest BCUT2D eigenvalue weighted by Gasteiger charge is -2.08. The number of hydrogen-bond donors (Lipinski definition) is 2. The molecule has 2 N–H and O–H groups in total. The van der Waals surface area contributed by atoms with E-state index >= 15 is 0 Å². The molecule has 0 saturated heterocycles. The Balaban J connectivity index is 2.08. The van der Waals surface area contributed by atoms with Crippen molar-refractivity contribution in [1.29, 1.82) is 0 Å². The number of nitrogens with zero attached hydrogens (tertiary/aromatic N) is 1. The summed E-state index contributed by atoms with van der Waals surface area (Å²) in [5, 5.41) is 5.95. The van der Waals surface area contributed by atoms with Crippen molar-refractivity contribution in [1.82, 2.24) is 10.3 Å². The summed E-state index contributed by atoms with van der Waals surface area (Å²) in [5.74, 6) is 0.653. The molecule has 112 valence electrons. The zero-order chi connectivity index (χ0) is 15.2. The molecule has 2 aromatic heterocycles. The van der Waals surface area contributed by atoms with E-state index in [-0.39, 0.29) is 5.91 Å². The number of thiophene rings is 1. The van der Waals surface area contributed by atoms with Crippen LogP contribution in [-0.2, 0) is 13.0 Å². The maximum absolute atomic E-state index is 12.3. The fourth-order valence-electron chi connectivity index (χ4n) is 1.95. The molecule has 0 unspecified atom stereocenters. The van der Waals surface area contributed by atoms with Gasteiger partial charge >= 0.3 is 0 Å². The Hall–Kier alpha value is -1.40. The van der Waals surface area contributed by atoms with Crippen LogP contribution in [0.1, 0.15) is 34.3 Å². The third-order valence-corrected chi connectivity index (χ3v) is 4.58. The van der Waals surface area contributed by atoms with Crippen LogP contribution in [0.25, 0.3) is 0 Å². The topological polar surface area (TPSA) is 54.0 Å². The third-order valence-electron chi connectivity index (χ3n) is 2.95. The quantitative estimate of drug-likeness (QED) is 0.815. The molecule has 0 spiro atoms. The molecule has 0 bridgehead atoms. The summed E-state index contributed by atoms with van der Waals surface area (Å²) < 4.78 is 1.07. The smallest absolute Gasteiger partial charge is 0.251 e. The van der Waals surface area contributed by atoms with Gasteiger partial charge in [0.2, 0.25) is 0 Å². The third kappa shape index (κ3) is 4.54. The maximum atomic E-state index is 12.3. The van der Waals surface area contributed by atoms with Crippen LogP contribution in [0.3, 0.4) is 0 Å². The number of carbonyl (C=O) groups is 1. The number of rotatable bonds is 6. The number of nitrogens with one attached hydrogen (secondary N) is 2. The van der Waals surface area contributed by atoms with Gasteiger partial charge in [0.1, 0.15) is 5.82 Å². The van der Waals surface area contributed by atoms with Crippen LogP contribution in [-0.4, -0.2) is 17.9 Å². The molecule has 0 aliphatic heterocycles. The lowest BCUT2D eigenvalue weighted by Crippen LogP contribution is -2.22. The Labute approximate surface area is 137 Å². The summed E-state index contributed by atoms with van der Waals surface area (Å²) in [4.78, 5) is 17.8. The van der Waals surface area contributed by atoms with Crippen LogP contribution in [0.15, 0.2) is 28.1 Å². The van der Waals surface area contributed by atoms with Crippen molar-refractivity contribution in [3.63, 3.8) is 0 Å². The molecule has 4 nitrogen and oxygen atoms in total. The van der Waals surface area contributed by atoms with E-state index in [1.807, 2.05) is 25.2 Å². The van der Waals surface area contributed by atoms with Gasteiger partial charge in [-0.25, -0.2) is 4.98 Å². The highest BCUT2D eigenvalue weighted by Crippen LogP contribution is 2.22. The van der Waals surface area contributed by atoms with Gasteiger partial charge < -0.3 is 10.6 Å². The van der Waals surface area contributed by atoms with Crippen molar-refractivity contribution in [2.24, 2.45) is 0 Å². The second kappa shape index (κ2) is 7.56. The summed E-state index contributed by atoms with van der Waals surface area (Å²) in [6.07, 6.45) is 1.87. The molecule has 0 aliphatic rings. The molecular formula is C15H18BrN3OS. The van der Waals surface area contributed by atoms with E-state index < -0.39 is 0 Å². The maximum Gasteiger partial charge on any atom is 0.251 e. The molecule has 1 amide bonds. The number of pyridine rings is 1. The summed E-state index contributed by atoms with van der Waals surface area (Å²) in [7, 11) is 1.81. The van der Waals surface area contributed by atoms with Crippen LogP contribution in [0.2, 0.25) is 0 Å². The Morgan fingerprint density at radius 1 is 1.38 bits per heavy atom. The molecule has 2 heterocycles. The van der Waals surface area contributed by atoms with Gasteiger partial charge in [0, 0.05) is 23.2 Å². The Morgan fingerprint density at radius 2 is 2.19 bits per heavy atom. The van der Waals surface area contributed by atoms with Gasteiger partial charge in [-0.05, 0) is 46.6 Å². The molecule has 0 aromatic carbocycles. The summed E-state index contributed by atoms with van der Waals surface area (Å²) in [6.45, 7) is 2.64. The second-order valence-corrected chi connectivity index (χ2v) is 7.17. The first-order chi connectivity index (χ1) is 10.1. The van der Waals surface area contributed by atoms with Crippen molar-refractivity contribution in [3.05, 3.63) is 44.2 Å². The minimum absolute atomic E-state index is 0.0734. The minimum atomic E-state index is -0.0734. The molecular weight excluding hydrogens is 350 g/mol. The van der Waals surface area contributed by atoms with E-state index in [2.05, 4.69) is 38.5 Å². The Morgan fingerprint density at radius 3 is 2.81 bits per heavy atom. The second-order valence-electron chi connectivity index (χ2n) is 4.62. The molecule has 2 rings (SSSR count). The summed E-state index contributed by atoms with van der Waals surface area (Å²) in [6, 6.07) is 7.63. The van der Waals surface area contributed by atoms with Gasteiger partial charge in [-0.15, -0.1) is 11.3 Å². The number of aromatic nitrogens is 1. The van der Waals surface area contributed by atoms with Crippen molar-refractivity contribution in [2.45, 2.75) is 26.3 Å². The lowest BCUT2D eigenvalue weighted by molar-refractivity contribution is 0.0951. The molecule has 2 aromatic rings. The van der Waals surface area contributed by atoms with Gasteiger partial charge in [-0.2, -0.15) is 0 Å². The largest absolute Gasteiger partial charge is 0.373 e. The van der Waals surface area contributed by atoms with E-state index in [1.165, 1.54) is 0 Å². The van der Waals surface area contributed by atoms with Crippen molar-refractivity contribution < 1.29 is 4.79 Å². The minimum Gasteiger partial charge on any atom is -0.373 e. The lowest BCUT2D eigenvalue weighted by atomic mass is 10.1. The number of aryl methyl sites for hydroxylation is 1. The highest BCUT2D eigenvalue weighted by Gasteiger charge is 2.10. The highest BCUT2D eigenvalue weighted by atomic mass is 79.9. The van der Waals surface area contributed by atoms with Crippen molar-refractivity contribution in [3.8, 4) is 0 Å². The standard InChI is InChI=1S/C15H18BrN3OS/c1-3-4-11-7-10(8-14(17-2)19-11)15(20)18-9-12-5-6-13(16)21-12/h5-8H,3-4,9H2,1-2H3,(H,17,19)(H,18,20). The average Bonchev–Trinajstić information content (AvgIpc) is 2.90. The molecule has 21 heavy (non-hydrogen) atoms. The average molecular weight is 368 g/mol. The van der Waals surface area contributed by atoms with Gasteiger partial charge in [-0.3, -0.25) is 4.79 Å². The van der Waals surface area contributed by atoms with Gasteiger partial charge in [0.15, 0.2) is 0 Å². The van der Waals surface area contributed by atoms with Crippen LogP contribution >= 0.6 is 27.3 Å². The Bertz CT molecular complexity index is 627. The Kier molecular flexibility index (Phi) is 5.76. The molecule has 0 atom stereocenters. The zero-order valence-corrected chi connectivity index (χ0v) is 14.5. The number of anilines is 1. The molecule has 0 aliphatic carbocycles. The first-order valence-electron chi connectivity index (χ1n) is 6.83. The number of hydrogen-bond acceptors (Lipinski definition) is 4. The van der Waals surface area contributed by atoms with Crippen molar-refractivity contribution >= 4 is 39.0 Å². The number of halogens is 1. The van der Waals surface area contributed by atoms with Crippen LogP contribution in [0.5, 0.6) is 0 Å². The van der Waals surface area contributed by atoms with Crippen LogP contribution in [0.4, 0.5) is 5.82 Å². The number of amides is 1. The van der Waals surface area contributed by atoms with Gasteiger partial charge in [-0.1, -0.05) is 13.3 Å². The van der Waals surface area contributed by atoms with Crippen molar-refractivity contribution in [2.75, 3.05) is 12.4 Å². The normalized spacial score (nSPS) is 10.4. The highest BCUT2D eigenvalue weighted by molar-refractivity contribution is 9.11. The summed E-state index contributed by atoms with van der Waals surface area (Å²) >= 11 is 5.04. The molecule has 0 saturated carbocycles. The summed E-state index contributed by atoms with van der Waals surface area (Å²) in [5.41, 5.74) is 1.58. The van der Waals surface area contributed by atoms with E-state index in [9.17, 15) is 4.79 Å². The first kappa shape index (κ1) is 16.0. The predicted molar refractivity (Wildman–Crippen MR) is 91.0 cm³/mol. The van der Waals surface area contributed by atoms with E-state index in [0.29, 0.717) is 12.1 Å². The molecule has 6 heteroatoms.